The highest BCUT2D eigenvalue weighted by molar-refractivity contribution is 9.10. The van der Waals surface area contributed by atoms with Gasteiger partial charge in [-0.2, -0.15) is 0 Å². The number of halogens is 1. The monoisotopic (exact) mass is 447 g/mol. The molecule has 0 bridgehead atoms. The molecule has 0 spiro atoms. The van der Waals surface area contributed by atoms with Crippen molar-refractivity contribution < 1.29 is 19.5 Å². The van der Waals surface area contributed by atoms with Crippen LogP contribution in [-0.4, -0.2) is 51.0 Å². The van der Waals surface area contributed by atoms with Crippen molar-refractivity contribution in [1.29, 1.82) is 0 Å². The van der Waals surface area contributed by atoms with E-state index in [4.69, 9.17) is 5.11 Å². The van der Waals surface area contributed by atoms with E-state index in [2.05, 4.69) is 36.5 Å². The first-order valence-electron chi connectivity index (χ1n) is 8.61. The Kier molecular flexibility index (Phi) is 6.19. The SMILES string of the molecule is O=C(Nc1ccc(NC(=O)C2CCCN(C(=O)O)C2)cn1)c1cccc(Br)n1. The van der Waals surface area contributed by atoms with Gasteiger partial charge in [0, 0.05) is 13.1 Å². The van der Waals surface area contributed by atoms with Crippen LogP contribution >= 0.6 is 15.9 Å². The van der Waals surface area contributed by atoms with E-state index in [1.165, 1.54) is 11.1 Å². The second-order valence-electron chi connectivity index (χ2n) is 6.29. The van der Waals surface area contributed by atoms with E-state index >= 15 is 0 Å². The van der Waals surface area contributed by atoms with Crippen molar-refractivity contribution in [2.75, 3.05) is 23.7 Å². The molecule has 0 aliphatic carbocycles. The normalized spacial score (nSPS) is 16.3. The van der Waals surface area contributed by atoms with Crippen molar-refractivity contribution in [2.45, 2.75) is 12.8 Å². The highest BCUT2D eigenvalue weighted by Crippen LogP contribution is 2.19. The van der Waals surface area contributed by atoms with E-state index in [9.17, 15) is 14.4 Å². The fourth-order valence-electron chi connectivity index (χ4n) is 2.87. The molecular weight excluding hydrogens is 430 g/mol. The molecule has 146 valence electrons. The number of carbonyl (C=O) groups excluding carboxylic acids is 2. The van der Waals surface area contributed by atoms with E-state index in [0.717, 1.165) is 0 Å². The maximum absolute atomic E-state index is 12.4. The van der Waals surface area contributed by atoms with E-state index < -0.39 is 17.9 Å². The van der Waals surface area contributed by atoms with Gasteiger partial charge in [-0.25, -0.2) is 14.8 Å². The van der Waals surface area contributed by atoms with Gasteiger partial charge >= 0.3 is 6.09 Å². The van der Waals surface area contributed by atoms with Gasteiger partial charge in [0.15, 0.2) is 0 Å². The summed E-state index contributed by atoms with van der Waals surface area (Å²) in [5, 5.41) is 14.4. The average Bonchev–Trinajstić information content (AvgIpc) is 2.69. The molecule has 3 rings (SSSR count). The molecule has 2 aromatic heterocycles. The Balaban J connectivity index is 1.57. The topological polar surface area (TPSA) is 125 Å². The maximum Gasteiger partial charge on any atom is 0.407 e. The molecule has 10 heteroatoms. The molecule has 9 nitrogen and oxygen atoms in total. The van der Waals surface area contributed by atoms with E-state index in [1.807, 2.05) is 0 Å². The number of amides is 3. The predicted molar refractivity (Wildman–Crippen MR) is 105 cm³/mol. The summed E-state index contributed by atoms with van der Waals surface area (Å²) in [5.74, 6) is -0.726. The smallest absolute Gasteiger partial charge is 0.407 e. The summed E-state index contributed by atoms with van der Waals surface area (Å²) < 4.78 is 0.551. The van der Waals surface area contributed by atoms with Gasteiger partial charge in [-0.15, -0.1) is 0 Å². The standard InChI is InChI=1S/C18H18BrN5O4/c19-14-5-1-4-13(22-14)17(26)23-15-7-6-12(9-20-15)21-16(25)11-3-2-8-24(10-11)18(27)28/h1,4-7,9,11H,2-3,8,10H2,(H,21,25)(H,27,28)(H,20,23,26). The Labute approximate surface area is 169 Å². The fourth-order valence-corrected chi connectivity index (χ4v) is 3.21. The Hall–Kier alpha value is -3.01. The maximum atomic E-state index is 12.4. The number of rotatable bonds is 4. The molecule has 3 N–H and O–H groups in total. The van der Waals surface area contributed by atoms with Gasteiger partial charge < -0.3 is 20.6 Å². The highest BCUT2D eigenvalue weighted by atomic mass is 79.9. The van der Waals surface area contributed by atoms with Crippen molar-refractivity contribution in [3.8, 4) is 0 Å². The van der Waals surface area contributed by atoms with Crippen LogP contribution in [-0.2, 0) is 4.79 Å². The summed E-state index contributed by atoms with van der Waals surface area (Å²) in [6.45, 7) is 0.629. The molecule has 28 heavy (non-hydrogen) atoms. The number of likely N-dealkylation sites (tertiary alicyclic amines) is 1. The summed E-state index contributed by atoms with van der Waals surface area (Å²) in [6.07, 6.45) is 1.70. The Morgan fingerprint density at radius 2 is 2.00 bits per heavy atom. The third kappa shape index (κ3) is 5.03. The largest absolute Gasteiger partial charge is 0.465 e. The number of hydrogen-bond donors (Lipinski definition) is 3. The summed E-state index contributed by atoms with van der Waals surface area (Å²) in [7, 11) is 0. The zero-order chi connectivity index (χ0) is 20.1. The summed E-state index contributed by atoms with van der Waals surface area (Å²) in [4.78, 5) is 45.0. The van der Waals surface area contributed by atoms with Gasteiger partial charge in [0.2, 0.25) is 5.91 Å². The molecule has 1 fully saturated rings. The van der Waals surface area contributed by atoms with Crippen LogP contribution in [0.5, 0.6) is 0 Å². The molecule has 1 unspecified atom stereocenters. The van der Waals surface area contributed by atoms with Crippen molar-refractivity contribution in [3.63, 3.8) is 0 Å². The molecule has 1 atom stereocenters. The summed E-state index contributed by atoms with van der Waals surface area (Å²) in [6, 6.07) is 8.19. The molecule has 3 amide bonds. The third-order valence-electron chi connectivity index (χ3n) is 4.28. The number of hydrogen-bond acceptors (Lipinski definition) is 5. The summed E-state index contributed by atoms with van der Waals surface area (Å²) in [5.41, 5.74) is 0.713. The van der Waals surface area contributed by atoms with E-state index in [0.29, 0.717) is 35.5 Å². The molecule has 0 aromatic carbocycles. The minimum absolute atomic E-state index is 0.183. The lowest BCUT2D eigenvalue weighted by molar-refractivity contribution is -0.121. The van der Waals surface area contributed by atoms with Crippen LogP contribution in [0.1, 0.15) is 23.3 Å². The Bertz CT molecular complexity index is 890. The van der Waals surface area contributed by atoms with E-state index in [-0.39, 0.29) is 18.1 Å². The van der Waals surface area contributed by atoms with Crippen LogP contribution in [0.3, 0.4) is 0 Å². The quantitative estimate of drug-likeness (QED) is 0.618. The molecule has 1 aliphatic heterocycles. The van der Waals surface area contributed by atoms with Gasteiger partial charge in [0.25, 0.3) is 5.91 Å². The van der Waals surface area contributed by atoms with Gasteiger partial charge in [-0.1, -0.05) is 6.07 Å². The van der Waals surface area contributed by atoms with Crippen LogP contribution in [0.4, 0.5) is 16.3 Å². The average molecular weight is 448 g/mol. The minimum atomic E-state index is -1.01. The lowest BCUT2D eigenvalue weighted by atomic mass is 9.97. The Morgan fingerprint density at radius 3 is 2.68 bits per heavy atom. The minimum Gasteiger partial charge on any atom is -0.465 e. The number of pyridine rings is 2. The zero-order valence-electron chi connectivity index (χ0n) is 14.8. The van der Waals surface area contributed by atoms with Crippen molar-refractivity contribution in [3.05, 3.63) is 46.8 Å². The molecule has 0 saturated carbocycles. The molecular formula is C18H18BrN5O4. The van der Waals surface area contributed by atoms with E-state index in [1.54, 1.807) is 30.3 Å². The lowest BCUT2D eigenvalue weighted by Crippen LogP contribution is -2.43. The predicted octanol–water partition coefficient (Wildman–Crippen LogP) is 2.82. The van der Waals surface area contributed by atoms with Crippen LogP contribution in [0.25, 0.3) is 0 Å². The van der Waals surface area contributed by atoms with Crippen molar-refractivity contribution in [1.82, 2.24) is 14.9 Å². The van der Waals surface area contributed by atoms with Crippen LogP contribution in [0.15, 0.2) is 41.1 Å². The van der Waals surface area contributed by atoms with Crippen molar-refractivity contribution in [2.24, 2.45) is 5.92 Å². The van der Waals surface area contributed by atoms with Crippen molar-refractivity contribution >= 4 is 45.3 Å². The number of nitrogens with zero attached hydrogens (tertiary/aromatic N) is 3. The number of aromatic nitrogens is 2. The second-order valence-corrected chi connectivity index (χ2v) is 7.10. The Morgan fingerprint density at radius 1 is 1.18 bits per heavy atom. The first-order valence-corrected chi connectivity index (χ1v) is 9.40. The summed E-state index contributed by atoms with van der Waals surface area (Å²) >= 11 is 3.21. The lowest BCUT2D eigenvalue weighted by Gasteiger charge is -2.29. The van der Waals surface area contributed by atoms with Gasteiger partial charge in [-0.3, -0.25) is 9.59 Å². The number of nitrogens with one attached hydrogen (secondary N) is 2. The fraction of sp³-hybridized carbons (Fsp3) is 0.278. The molecule has 2 aromatic rings. The number of anilines is 2. The van der Waals surface area contributed by atoms with Gasteiger partial charge in [-0.05, 0) is 53.0 Å². The zero-order valence-corrected chi connectivity index (χ0v) is 16.3. The number of carboxylic acid groups (broad SMARTS) is 1. The first kappa shape index (κ1) is 19.7. The molecule has 1 saturated heterocycles. The third-order valence-corrected chi connectivity index (χ3v) is 4.72. The molecule has 3 heterocycles. The molecule has 0 radical (unpaired) electrons. The highest BCUT2D eigenvalue weighted by Gasteiger charge is 2.28. The van der Waals surface area contributed by atoms with Gasteiger partial charge in [0.05, 0.1) is 17.8 Å². The van der Waals surface area contributed by atoms with Crippen LogP contribution < -0.4 is 10.6 Å². The first-order chi connectivity index (χ1) is 13.4. The number of carbonyl (C=O) groups is 3. The second kappa shape index (κ2) is 8.79. The van der Waals surface area contributed by atoms with Gasteiger partial charge in [0.1, 0.15) is 16.1 Å². The van der Waals surface area contributed by atoms with Crippen LogP contribution in [0, 0.1) is 5.92 Å². The van der Waals surface area contributed by atoms with Crippen LogP contribution in [0.2, 0.25) is 0 Å². The molecule has 1 aliphatic rings. The number of piperidine rings is 1.